The zero-order chi connectivity index (χ0) is 27.9. The molecule has 3 heterocycles. The van der Waals surface area contributed by atoms with Gasteiger partial charge in [-0.25, -0.2) is 19.2 Å². The molecule has 39 heavy (non-hydrogen) atoms. The van der Waals surface area contributed by atoms with Gasteiger partial charge in [-0.05, 0) is 36.4 Å². The average molecular weight is 542 g/mol. The number of rotatable bonds is 7. The number of aryl methyl sites for hydroxylation is 3. The molecule has 0 unspecified atom stereocenters. The third-order valence-electron chi connectivity index (χ3n) is 6.39. The molecule has 14 heteroatoms. The lowest BCUT2D eigenvalue weighted by atomic mass is 10.0. The van der Waals surface area contributed by atoms with E-state index in [2.05, 4.69) is 25.5 Å². The molecular formula is C25H22F4N8O2. The summed E-state index contributed by atoms with van der Waals surface area (Å²) in [5.41, 5.74) is -0.732. The van der Waals surface area contributed by atoms with Gasteiger partial charge in [0.15, 0.2) is 5.82 Å². The van der Waals surface area contributed by atoms with Crippen LogP contribution in [0.4, 0.5) is 23.2 Å². The molecule has 0 atom stereocenters. The largest absolute Gasteiger partial charge is 0.416 e. The molecule has 0 bridgehead atoms. The number of aromatic amines is 1. The molecule has 0 spiro atoms. The van der Waals surface area contributed by atoms with Gasteiger partial charge in [0.2, 0.25) is 5.91 Å². The van der Waals surface area contributed by atoms with Crippen molar-refractivity contribution in [2.45, 2.75) is 25.6 Å². The Balaban J connectivity index is 1.57. The Kier molecular flexibility index (Phi) is 6.54. The summed E-state index contributed by atoms with van der Waals surface area (Å²) in [7, 11) is 3.10. The Morgan fingerprint density at radius 1 is 1.05 bits per heavy atom. The molecule has 5 aromatic rings. The number of amides is 1. The zero-order valence-corrected chi connectivity index (χ0v) is 20.8. The van der Waals surface area contributed by atoms with Crippen LogP contribution in [0.25, 0.3) is 22.3 Å². The Morgan fingerprint density at radius 2 is 1.79 bits per heavy atom. The highest BCUT2D eigenvalue weighted by Gasteiger charge is 2.33. The lowest BCUT2D eigenvalue weighted by Crippen LogP contribution is -2.28. The number of carbonyl (C=O) groups is 1. The zero-order valence-electron chi connectivity index (χ0n) is 20.8. The van der Waals surface area contributed by atoms with Crippen LogP contribution in [0.2, 0.25) is 0 Å². The molecule has 0 aliphatic heterocycles. The molecule has 202 valence electrons. The number of anilines is 1. The minimum absolute atomic E-state index is 0.0648. The molecule has 5 rings (SSSR count). The number of fused-ring (bicyclic) bond motifs is 1. The summed E-state index contributed by atoms with van der Waals surface area (Å²) < 4.78 is 58.9. The maximum Gasteiger partial charge on any atom is 0.416 e. The molecule has 1 amide bonds. The molecule has 2 aromatic carbocycles. The lowest BCUT2D eigenvalue weighted by Gasteiger charge is -2.13. The second-order valence-corrected chi connectivity index (χ2v) is 8.91. The summed E-state index contributed by atoms with van der Waals surface area (Å²) in [5.74, 6) is -0.00515. The number of aromatic nitrogens is 7. The average Bonchev–Trinajstić information content (AvgIpc) is 3.59. The molecule has 3 aromatic heterocycles. The smallest absolute Gasteiger partial charge is 0.331 e. The monoisotopic (exact) mass is 542 g/mol. The molecule has 0 saturated heterocycles. The third kappa shape index (κ3) is 5.04. The first kappa shape index (κ1) is 25.9. The van der Waals surface area contributed by atoms with E-state index in [1.54, 1.807) is 11.6 Å². The van der Waals surface area contributed by atoms with Crippen LogP contribution < -0.4 is 11.0 Å². The summed E-state index contributed by atoms with van der Waals surface area (Å²) in [6.07, 6.45) is -0.929. The first-order valence-corrected chi connectivity index (χ1v) is 11.7. The van der Waals surface area contributed by atoms with Gasteiger partial charge >= 0.3 is 11.9 Å². The summed E-state index contributed by atoms with van der Waals surface area (Å²) in [4.78, 5) is 34.3. The molecule has 2 N–H and O–H groups in total. The van der Waals surface area contributed by atoms with Gasteiger partial charge in [0.1, 0.15) is 24.5 Å². The number of H-pyrrole nitrogens is 1. The van der Waals surface area contributed by atoms with Crippen molar-refractivity contribution in [3.8, 4) is 11.3 Å². The third-order valence-corrected chi connectivity index (χ3v) is 6.39. The predicted molar refractivity (Wildman–Crippen MR) is 133 cm³/mol. The van der Waals surface area contributed by atoms with Crippen LogP contribution in [0.3, 0.4) is 0 Å². The second-order valence-electron chi connectivity index (χ2n) is 8.91. The van der Waals surface area contributed by atoms with E-state index >= 15 is 0 Å². The summed E-state index contributed by atoms with van der Waals surface area (Å²) in [5, 5.41) is 9.14. The van der Waals surface area contributed by atoms with Crippen LogP contribution in [-0.4, -0.2) is 39.8 Å². The van der Waals surface area contributed by atoms with Crippen LogP contribution >= 0.6 is 0 Å². The van der Waals surface area contributed by atoms with E-state index in [0.717, 1.165) is 28.8 Å². The van der Waals surface area contributed by atoms with Gasteiger partial charge in [0, 0.05) is 38.2 Å². The van der Waals surface area contributed by atoms with Crippen molar-refractivity contribution in [1.82, 2.24) is 33.9 Å². The van der Waals surface area contributed by atoms with Crippen molar-refractivity contribution >= 4 is 22.6 Å². The Hall–Kier alpha value is -4.75. The highest BCUT2D eigenvalue weighted by atomic mass is 19.4. The van der Waals surface area contributed by atoms with Gasteiger partial charge in [-0.1, -0.05) is 0 Å². The maximum atomic E-state index is 14.0. The summed E-state index contributed by atoms with van der Waals surface area (Å²) in [6, 6.07) is 6.79. The number of nitrogens with zero attached hydrogens (tertiary/aromatic N) is 6. The lowest BCUT2D eigenvalue weighted by molar-refractivity contribution is -0.137. The van der Waals surface area contributed by atoms with Crippen LogP contribution in [0.5, 0.6) is 0 Å². The SMILES string of the molecule is Cn1c(-c2cc(C(F)(F)F)cc3c2n(C)c(=O)n3CC(=O)Nc2ccc(F)cc2)cnc1CCc1nc[nH]n1. The number of nitrogens with one attached hydrogen (secondary N) is 2. The van der Waals surface area contributed by atoms with E-state index in [-0.39, 0.29) is 22.3 Å². The first-order chi connectivity index (χ1) is 18.5. The fraction of sp³-hybridized carbons (Fsp3) is 0.240. The fourth-order valence-corrected chi connectivity index (χ4v) is 4.46. The molecule has 10 nitrogen and oxygen atoms in total. The van der Waals surface area contributed by atoms with Crippen molar-refractivity contribution in [1.29, 1.82) is 0 Å². The van der Waals surface area contributed by atoms with Crippen molar-refractivity contribution in [3.63, 3.8) is 0 Å². The van der Waals surface area contributed by atoms with Gasteiger partial charge < -0.3 is 9.88 Å². The van der Waals surface area contributed by atoms with Crippen molar-refractivity contribution < 1.29 is 22.4 Å². The van der Waals surface area contributed by atoms with E-state index in [4.69, 9.17) is 0 Å². The summed E-state index contributed by atoms with van der Waals surface area (Å²) >= 11 is 0. The minimum atomic E-state index is -4.72. The van der Waals surface area contributed by atoms with E-state index in [1.807, 2.05) is 0 Å². The highest BCUT2D eigenvalue weighted by Crippen LogP contribution is 2.37. The first-order valence-electron chi connectivity index (χ1n) is 11.7. The van der Waals surface area contributed by atoms with Gasteiger partial charge in [0.25, 0.3) is 0 Å². The van der Waals surface area contributed by atoms with Crippen LogP contribution in [-0.2, 0) is 44.5 Å². The number of hydrogen-bond donors (Lipinski definition) is 2. The molecular weight excluding hydrogens is 520 g/mol. The topological polar surface area (TPSA) is 115 Å². The van der Waals surface area contributed by atoms with Crippen molar-refractivity contribution in [2.75, 3.05) is 5.32 Å². The standard InChI is InChI=1S/C25H22F4N8O2/c1-35-19(11-30-21(35)8-7-20-31-13-32-34-20)17-9-14(25(27,28)29)10-18-23(17)36(2)24(39)37(18)12-22(38)33-16-5-3-15(26)4-6-16/h3-6,9-11,13H,7-8,12H2,1-2H3,(H,33,38)(H,31,32,34). The van der Waals surface area contributed by atoms with Crippen LogP contribution in [0.1, 0.15) is 17.2 Å². The Labute approximate surface area is 217 Å². The second kappa shape index (κ2) is 9.85. The molecule has 0 aliphatic carbocycles. The van der Waals surface area contributed by atoms with Crippen LogP contribution in [0.15, 0.2) is 53.7 Å². The number of imidazole rings is 2. The predicted octanol–water partition coefficient (Wildman–Crippen LogP) is 3.44. The van der Waals surface area contributed by atoms with Gasteiger partial charge in [-0.3, -0.25) is 19.0 Å². The highest BCUT2D eigenvalue weighted by molar-refractivity contribution is 5.95. The van der Waals surface area contributed by atoms with Crippen LogP contribution in [0, 0.1) is 5.82 Å². The van der Waals surface area contributed by atoms with Crippen molar-refractivity contribution in [3.05, 3.63) is 82.4 Å². The maximum absolute atomic E-state index is 14.0. The van der Waals surface area contributed by atoms with Crippen molar-refractivity contribution in [2.24, 2.45) is 14.1 Å². The number of hydrogen-bond acceptors (Lipinski definition) is 5. The number of carbonyl (C=O) groups excluding carboxylic acids is 1. The fourth-order valence-electron chi connectivity index (χ4n) is 4.46. The molecule has 0 aliphatic rings. The molecule has 0 radical (unpaired) electrons. The normalized spacial score (nSPS) is 11.8. The summed E-state index contributed by atoms with van der Waals surface area (Å²) in [6.45, 7) is -0.554. The minimum Gasteiger partial charge on any atom is -0.331 e. The van der Waals surface area contributed by atoms with E-state index in [9.17, 15) is 27.2 Å². The molecule has 0 fully saturated rings. The number of benzene rings is 2. The van der Waals surface area contributed by atoms with E-state index < -0.39 is 35.7 Å². The van der Waals surface area contributed by atoms with Gasteiger partial charge in [0.05, 0.1) is 28.5 Å². The van der Waals surface area contributed by atoms with Gasteiger partial charge in [-0.15, -0.1) is 0 Å². The van der Waals surface area contributed by atoms with E-state index in [0.29, 0.717) is 30.2 Å². The van der Waals surface area contributed by atoms with Gasteiger partial charge in [-0.2, -0.15) is 18.3 Å². The number of alkyl halides is 3. The Bertz CT molecular complexity index is 1710. The number of halogens is 4. The quantitative estimate of drug-likeness (QED) is 0.306. The Morgan fingerprint density at radius 3 is 2.46 bits per heavy atom. The molecule has 0 saturated carbocycles. The van der Waals surface area contributed by atoms with E-state index in [1.165, 1.54) is 36.3 Å².